The minimum atomic E-state index is -2.27. The fourth-order valence-electron chi connectivity index (χ4n) is 2.96. The van der Waals surface area contributed by atoms with Crippen molar-refractivity contribution < 1.29 is 43.5 Å². The summed E-state index contributed by atoms with van der Waals surface area (Å²) in [4.78, 5) is 21.4. The van der Waals surface area contributed by atoms with Crippen molar-refractivity contribution in [3.8, 4) is 5.75 Å². The van der Waals surface area contributed by atoms with Crippen LogP contribution in [0, 0.1) is 11.6 Å². The molecule has 0 saturated carbocycles. The van der Waals surface area contributed by atoms with Gasteiger partial charge in [-0.2, -0.15) is 0 Å². The number of nitrogens with zero attached hydrogens (tertiary/aromatic N) is 2. The van der Waals surface area contributed by atoms with Crippen LogP contribution in [0.2, 0.25) is 0 Å². The molecule has 13 heteroatoms. The van der Waals surface area contributed by atoms with E-state index in [0.717, 1.165) is 11.8 Å². The van der Waals surface area contributed by atoms with Crippen LogP contribution in [-0.2, 0) is 16.0 Å². The highest BCUT2D eigenvalue weighted by Crippen LogP contribution is 2.32. The van der Waals surface area contributed by atoms with Crippen molar-refractivity contribution in [2.24, 2.45) is 5.73 Å². The van der Waals surface area contributed by atoms with E-state index in [-0.39, 0.29) is 18.4 Å². The molecule has 2 aliphatic rings. The first-order valence-corrected chi connectivity index (χ1v) is 9.33. The van der Waals surface area contributed by atoms with Crippen molar-refractivity contribution in [2.45, 2.75) is 31.1 Å². The molecule has 3 atom stereocenters. The Kier molecular flexibility index (Phi) is 8.21. The normalized spacial score (nSPS) is 19.1. The topological polar surface area (TPSA) is 168 Å². The number of carboxylic acids is 2. The van der Waals surface area contributed by atoms with E-state index in [0.29, 0.717) is 30.1 Å². The summed E-state index contributed by atoms with van der Waals surface area (Å²) in [5.41, 5.74) is 7.00. The molecular weight excluding hydrogens is 440 g/mol. The number of carboxylic acid groups (broad SMARTS) is 2. The molecule has 2 heterocycles. The molecule has 0 aliphatic carbocycles. The van der Waals surface area contributed by atoms with Crippen molar-refractivity contribution in [1.29, 1.82) is 0 Å². The van der Waals surface area contributed by atoms with Gasteiger partial charge in [-0.25, -0.2) is 23.7 Å². The van der Waals surface area contributed by atoms with Crippen LogP contribution < -0.4 is 15.8 Å². The van der Waals surface area contributed by atoms with Gasteiger partial charge in [0.1, 0.15) is 12.4 Å². The van der Waals surface area contributed by atoms with Gasteiger partial charge in [-0.15, -0.1) is 0 Å². The van der Waals surface area contributed by atoms with Crippen LogP contribution in [0.15, 0.2) is 24.0 Å². The Balaban J connectivity index is 0.000000291. The quantitative estimate of drug-likeness (QED) is 0.350. The molecule has 1 aromatic rings. The Morgan fingerprint density at radius 1 is 1.26 bits per heavy atom. The zero-order chi connectivity index (χ0) is 23.3. The number of carbonyl (C=O) groups is 2. The van der Waals surface area contributed by atoms with Crippen LogP contribution >= 0.6 is 12.2 Å². The van der Waals surface area contributed by atoms with Gasteiger partial charge in [-0.3, -0.25) is 0 Å². The molecule has 2 unspecified atom stereocenters. The molecule has 2 aliphatic heterocycles. The summed E-state index contributed by atoms with van der Waals surface area (Å²) in [6.07, 6.45) is -1.75. The van der Waals surface area contributed by atoms with Crippen LogP contribution in [0.1, 0.15) is 12.0 Å². The maximum Gasteiger partial charge on any atom is 0.335 e. The predicted molar refractivity (Wildman–Crippen MR) is 105 cm³/mol. The monoisotopic (exact) mass is 460 g/mol. The Hall–Kier alpha value is -2.87. The Morgan fingerprint density at radius 3 is 2.42 bits per heavy atom. The van der Waals surface area contributed by atoms with Crippen molar-refractivity contribution in [2.75, 3.05) is 13.2 Å². The number of aliphatic hydroxyl groups is 2. The van der Waals surface area contributed by atoms with Crippen LogP contribution in [0.25, 0.3) is 0 Å². The van der Waals surface area contributed by atoms with Gasteiger partial charge in [0.25, 0.3) is 0 Å². The lowest BCUT2D eigenvalue weighted by Crippen LogP contribution is -2.44. The van der Waals surface area contributed by atoms with Gasteiger partial charge in [0.05, 0.1) is 6.04 Å². The maximum atomic E-state index is 13.7. The molecule has 0 fully saturated rings. The van der Waals surface area contributed by atoms with E-state index in [2.05, 4.69) is 5.32 Å². The summed E-state index contributed by atoms with van der Waals surface area (Å²) >= 11 is 5.23. The largest absolute Gasteiger partial charge is 0.488 e. The van der Waals surface area contributed by atoms with E-state index in [1.54, 1.807) is 6.20 Å². The van der Waals surface area contributed by atoms with E-state index in [4.69, 9.17) is 43.1 Å². The molecule has 3 rings (SSSR count). The van der Waals surface area contributed by atoms with Crippen molar-refractivity contribution in [3.05, 3.63) is 41.2 Å². The minimum absolute atomic E-state index is 0.124. The standard InChI is InChI=1S/C14H14F2N3OS.C4H6O6/c15-9-3-8-4-11(7-20-13(8)12(16)5-9)19-10(1-2-17)6-18-14(19)21;5-1(3(7)8)2(6)4(9)10/h3,5-6,11H,1-2,4,7,17H2;1-2,5-6H,(H,7,8)(H,9,10)/t11-;/m1./s1. The van der Waals surface area contributed by atoms with Crippen molar-refractivity contribution >= 4 is 29.3 Å². The second-order valence-electron chi connectivity index (χ2n) is 6.55. The molecule has 1 radical (unpaired) electrons. The number of rotatable bonds is 6. The molecule has 0 bridgehead atoms. The zero-order valence-electron chi connectivity index (χ0n) is 15.9. The van der Waals surface area contributed by atoms with Gasteiger partial charge in [0.2, 0.25) is 0 Å². The first kappa shape index (κ1) is 24.4. The minimum Gasteiger partial charge on any atom is -0.488 e. The predicted octanol–water partition coefficient (Wildman–Crippen LogP) is -0.459. The molecule has 31 heavy (non-hydrogen) atoms. The lowest BCUT2D eigenvalue weighted by molar-refractivity contribution is -0.165. The number of hydrogen-bond acceptors (Lipinski definition) is 7. The number of ether oxygens (including phenoxy) is 1. The van der Waals surface area contributed by atoms with Gasteiger partial charge in [0.15, 0.2) is 28.9 Å². The van der Waals surface area contributed by atoms with Crippen LogP contribution in [-0.4, -0.2) is 73.8 Å². The smallest absolute Gasteiger partial charge is 0.335 e. The lowest BCUT2D eigenvalue weighted by Gasteiger charge is -2.34. The van der Waals surface area contributed by atoms with Crippen LogP contribution in [0.3, 0.4) is 0 Å². The second-order valence-corrected chi connectivity index (χ2v) is 6.92. The van der Waals surface area contributed by atoms with Crippen molar-refractivity contribution in [3.63, 3.8) is 0 Å². The summed E-state index contributed by atoms with van der Waals surface area (Å²) in [6.45, 7) is 0.751. The SMILES string of the molecule is NCCC1=C[N]C(=S)N1[C@H]1COc2c(F)cc(F)cc2C1.O=C(O)C(O)C(O)C(=O)O. The fourth-order valence-corrected chi connectivity index (χ4v) is 3.27. The van der Waals surface area contributed by atoms with E-state index < -0.39 is 35.8 Å². The molecule has 0 saturated heterocycles. The van der Waals surface area contributed by atoms with E-state index in [1.807, 2.05) is 4.90 Å². The Labute approximate surface area is 180 Å². The van der Waals surface area contributed by atoms with Crippen LogP contribution in [0.4, 0.5) is 8.78 Å². The number of nitrogens with two attached hydrogens (primary N) is 1. The number of benzene rings is 1. The number of aliphatic hydroxyl groups excluding tert-OH is 2. The molecule has 6 N–H and O–H groups in total. The Bertz CT molecular complexity index is 881. The first-order chi connectivity index (χ1) is 14.6. The van der Waals surface area contributed by atoms with E-state index in [1.165, 1.54) is 6.07 Å². The van der Waals surface area contributed by atoms with Gasteiger partial charge in [-0.05, 0) is 24.8 Å². The highest BCUT2D eigenvalue weighted by Gasteiger charge is 2.33. The van der Waals surface area contributed by atoms with E-state index in [9.17, 15) is 18.4 Å². The highest BCUT2D eigenvalue weighted by atomic mass is 32.1. The second kappa shape index (κ2) is 10.4. The Morgan fingerprint density at radius 2 is 1.87 bits per heavy atom. The lowest BCUT2D eigenvalue weighted by atomic mass is 10.0. The average molecular weight is 460 g/mol. The summed E-state index contributed by atoms with van der Waals surface area (Å²) in [5, 5.41) is 37.1. The van der Waals surface area contributed by atoms with Gasteiger partial charge >= 0.3 is 11.9 Å². The first-order valence-electron chi connectivity index (χ1n) is 8.92. The summed E-state index contributed by atoms with van der Waals surface area (Å²) < 4.78 is 32.5. The summed E-state index contributed by atoms with van der Waals surface area (Å²) in [5.74, 6) is -4.69. The van der Waals surface area contributed by atoms with Crippen LogP contribution in [0.5, 0.6) is 5.75 Å². The number of hydrogen-bond donors (Lipinski definition) is 5. The third kappa shape index (κ3) is 5.85. The molecule has 0 aromatic heterocycles. The maximum absolute atomic E-state index is 13.7. The highest BCUT2D eigenvalue weighted by molar-refractivity contribution is 7.80. The summed E-state index contributed by atoms with van der Waals surface area (Å²) in [6, 6.07) is 2.00. The molecule has 169 valence electrons. The number of thiocarbonyl (C=S) groups is 1. The van der Waals surface area contributed by atoms with E-state index >= 15 is 0 Å². The zero-order valence-corrected chi connectivity index (χ0v) is 16.8. The number of fused-ring (bicyclic) bond motifs is 1. The summed E-state index contributed by atoms with van der Waals surface area (Å²) in [7, 11) is 0. The van der Waals surface area contributed by atoms with Crippen molar-refractivity contribution in [1.82, 2.24) is 10.2 Å². The van der Waals surface area contributed by atoms with Gasteiger partial charge < -0.3 is 35.8 Å². The third-order valence-electron chi connectivity index (χ3n) is 4.37. The van der Waals surface area contributed by atoms with Gasteiger partial charge in [-0.1, -0.05) is 0 Å². The number of aliphatic carboxylic acids is 2. The fraction of sp³-hybridized carbons (Fsp3) is 0.389. The molecule has 0 spiro atoms. The molecule has 10 nitrogen and oxygen atoms in total. The third-order valence-corrected chi connectivity index (χ3v) is 4.67. The molecular formula is C18H20F2N3O7S. The molecule has 1 aromatic carbocycles. The average Bonchev–Trinajstić information content (AvgIpc) is 3.07. The number of halogens is 2. The molecule has 0 amide bonds. The van der Waals surface area contributed by atoms with Gasteiger partial charge in [0, 0.05) is 36.4 Å².